The zero-order chi connectivity index (χ0) is 20.6. The van der Waals surface area contributed by atoms with Gasteiger partial charge in [-0.25, -0.2) is 8.42 Å². The summed E-state index contributed by atoms with van der Waals surface area (Å²) >= 11 is 0. The molecule has 8 nitrogen and oxygen atoms in total. The third kappa shape index (κ3) is 4.12. The maximum Gasteiger partial charge on any atom is 0.293 e. The van der Waals surface area contributed by atoms with Crippen molar-refractivity contribution in [1.82, 2.24) is 4.90 Å². The largest absolute Gasteiger partial charge is 0.373 e. The summed E-state index contributed by atoms with van der Waals surface area (Å²) in [5, 5.41) is 11.6. The number of rotatable bonds is 5. The highest BCUT2D eigenvalue weighted by Gasteiger charge is 2.41. The van der Waals surface area contributed by atoms with Crippen LogP contribution in [0, 0.1) is 10.1 Å². The van der Waals surface area contributed by atoms with Crippen molar-refractivity contribution in [2.45, 2.75) is 23.6 Å². The summed E-state index contributed by atoms with van der Waals surface area (Å²) in [5.74, 6) is 0. The molecule has 0 aliphatic carbocycles. The Labute approximate surface area is 169 Å². The molecule has 2 saturated heterocycles. The maximum absolute atomic E-state index is 11.8. The Bertz CT molecular complexity index is 1010. The van der Waals surface area contributed by atoms with Crippen LogP contribution < -0.4 is 4.90 Å². The van der Waals surface area contributed by atoms with Gasteiger partial charge in [-0.1, -0.05) is 30.3 Å². The predicted octanol–water partition coefficient (Wildman–Crippen LogP) is 2.09. The molecule has 2 aliphatic rings. The van der Waals surface area contributed by atoms with Gasteiger partial charge >= 0.3 is 0 Å². The highest BCUT2D eigenvalue weighted by atomic mass is 32.2. The van der Waals surface area contributed by atoms with Crippen LogP contribution in [0.1, 0.15) is 5.56 Å². The van der Waals surface area contributed by atoms with Gasteiger partial charge < -0.3 is 9.64 Å². The molecule has 2 unspecified atom stereocenters. The molecule has 2 aromatic rings. The summed E-state index contributed by atoms with van der Waals surface area (Å²) in [6.07, 6.45) is 1.01. The lowest BCUT2D eigenvalue weighted by Crippen LogP contribution is -2.50. The van der Waals surface area contributed by atoms with Gasteiger partial charge in [0, 0.05) is 38.5 Å². The molecule has 9 heteroatoms. The second-order valence-electron chi connectivity index (χ2n) is 7.52. The van der Waals surface area contributed by atoms with E-state index in [2.05, 4.69) is 17.0 Å². The minimum atomic E-state index is -3.52. The topological polar surface area (TPSA) is 93.0 Å². The van der Waals surface area contributed by atoms with Crippen LogP contribution >= 0.6 is 0 Å². The molecule has 0 radical (unpaired) electrons. The van der Waals surface area contributed by atoms with E-state index in [1.807, 2.05) is 23.1 Å². The molecule has 154 valence electrons. The molecule has 2 aromatic carbocycles. The van der Waals surface area contributed by atoms with Crippen LogP contribution in [0.25, 0.3) is 0 Å². The van der Waals surface area contributed by atoms with Gasteiger partial charge in [0.2, 0.25) is 0 Å². The van der Waals surface area contributed by atoms with Crippen LogP contribution in [0.4, 0.5) is 11.4 Å². The first-order valence-electron chi connectivity index (χ1n) is 9.46. The molecular formula is C20H23N3O5S. The Morgan fingerprint density at radius 3 is 2.62 bits per heavy atom. The van der Waals surface area contributed by atoms with Crippen LogP contribution in [0.2, 0.25) is 0 Å². The van der Waals surface area contributed by atoms with Gasteiger partial charge in [0.25, 0.3) is 5.69 Å². The number of nitro benzene ring substituents is 1. The maximum atomic E-state index is 11.8. The van der Waals surface area contributed by atoms with Crippen LogP contribution in [0.5, 0.6) is 0 Å². The molecule has 2 aliphatic heterocycles. The minimum Gasteiger partial charge on any atom is -0.373 e. The molecule has 0 spiro atoms. The zero-order valence-electron chi connectivity index (χ0n) is 16.1. The minimum absolute atomic E-state index is 0.0401. The van der Waals surface area contributed by atoms with E-state index < -0.39 is 14.8 Å². The van der Waals surface area contributed by atoms with Gasteiger partial charge in [-0.2, -0.15) is 0 Å². The normalized spacial score (nSPS) is 22.4. The van der Waals surface area contributed by atoms with E-state index in [1.165, 1.54) is 17.7 Å². The summed E-state index contributed by atoms with van der Waals surface area (Å²) < 4.78 is 29.5. The number of anilines is 1. The number of sulfone groups is 1. The number of ether oxygens (including phenoxy) is 1. The molecule has 0 amide bonds. The molecule has 0 bridgehead atoms. The quantitative estimate of drug-likeness (QED) is 0.543. The summed E-state index contributed by atoms with van der Waals surface area (Å²) in [5.41, 5.74) is 1.45. The summed E-state index contributed by atoms with van der Waals surface area (Å²) in [6, 6.07) is 14.4. The molecule has 29 heavy (non-hydrogen) atoms. The second kappa shape index (κ2) is 7.74. The molecule has 2 heterocycles. The van der Waals surface area contributed by atoms with Crippen LogP contribution in [-0.4, -0.2) is 62.9 Å². The Morgan fingerprint density at radius 2 is 1.93 bits per heavy atom. The average Bonchev–Trinajstić information content (AvgIpc) is 3.13. The smallest absolute Gasteiger partial charge is 0.293 e. The molecule has 2 atom stereocenters. The van der Waals surface area contributed by atoms with Crippen molar-refractivity contribution in [2.24, 2.45) is 0 Å². The SMILES string of the molecule is CS(=O)(=O)c1ccc(N2CC3OCCN(Cc4ccccc4)C3C2)c([N+](=O)[O-])c1. The van der Waals surface area contributed by atoms with Crippen molar-refractivity contribution in [1.29, 1.82) is 0 Å². The van der Waals surface area contributed by atoms with Crippen molar-refractivity contribution < 1.29 is 18.1 Å². The number of nitro groups is 1. The van der Waals surface area contributed by atoms with Crippen molar-refractivity contribution in [3.05, 3.63) is 64.2 Å². The molecule has 4 rings (SSSR count). The Hall–Kier alpha value is -2.49. The molecule has 0 saturated carbocycles. The number of hydrogen-bond acceptors (Lipinski definition) is 7. The average molecular weight is 417 g/mol. The Kier molecular flexibility index (Phi) is 5.28. The van der Waals surface area contributed by atoms with E-state index >= 15 is 0 Å². The van der Waals surface area contributed by atoms with Gasteiger partial charge in [-0.05, 0) is 17.7 Å². The van der Waals surface area contributed by atoms with Crippen LogP contribution in [0.3, 0.4) is 0 Å². The molecule has 0 N–H and O–H groups in total. The van der Waals surface area contributed by atoms with Crippen molar-refractivity contribution in [2.75, 3.05) is 37.4 Å². The standard InChI is InChI=1S/C20H23N3O5S/c1-29(26,27)16-7-8-17(18(11-16)23(24)25)22-13-19-20(14-22)28-10-9-21(19)12-15-5-3-2-4-6-15/h2-8,11,19-20H,9-10,12-14H2,1H3. The van der Waals surface area contributed by atoms with E-state index in [0.29, 0.717) is 25.4 Å². The summed E-state index contributed by atoms with van der Waals surface area (Å²) in [7, 11) is -3.52. The summed E-state index contributed by atoms with van der Waals surface area (Å²) in [6.45, 7) is 3.36. The number of hydrogen-bond donors (Lipinski definition) is 0. The lowest BCUT2D eigenvalue weighted by Gasteiger charge is -2.36. The molecule has 2 fully saturated rings. The highest BCUT2D eigenvalue weighted by molar-refractivity contribution is 7.90. The van der Waals surface area contributed by atoms with Crippen LogP contribution in [0.15, 0.2) is 53.4 Å². The van der Waals surface area contributed by atoms with E-state index in [-0.39, 0.29) is 22.7 Å². The van der Waals surface area contributed by atoms with Crippen molar-refractivity contribution >= 4 is 21.2 Å². The number of fused-ring (bicyclic) bond motifs is 1. The number of nitrogens with zero attached hydrogens (tertiary/aromatic N) is 3. The Morgan fingerprint density at radius 1 is 1.17 bits per heavy atom. The fraction of sp³-hybridized carbons (Fsp3) is 0.400. The Balaban J connectivity index is 1.59. The van der Waals surface area contributed by atoms with Gasteiger partial charge in [-0.3, -0.25) is 15.0 Å². The molecular weight excluding hydrogens is 394 g/mol. The van der Waals surface area contributed by atoms with Crippen molar-refractivity contribution in [3.8, 4) is 0 Å². The fourth-order valence-corrected chi connectivity index (χ4v) is 4.76. The zero-order valence-corrected chi connectivity index (χ0v) is 16.9. The third-order valence-electron chi connectivity index (χ3n) is 5.56. The fourth-order valence-electron chi connectivity index (χ4n) is 4.12. The van der Waals surface area contributed by atoms with E-state index in [1.54, 1.807) is 0 Å². The highest BCUT2D eigenvalue weighted by Crippen LogP contribution is 2.35. The van der Waals surface area contributed by atoms with E-state index in [9.17, 15) is 18.5 Å². The summed E-state index contributed by atoms with van der Waals surface area (Å²) in [4.78, 5) is 15.3. The first-order valence-corrected chi connectivity index (χ1v) is 11.3. The van der Waals surface area contributed by atoms with E-state index in [4.69, 9.17) is 4.74 Å². The first-order chi connectivity index (χ1) is 13.8. The lowest BCUT2D eigenvalue weighted by molar-refractivity contribution is -0.384. The van der Waals surface area contributed by atoms with E-state index in [0.717, 1.165) is 25.4 Å². The lowest BCUT2D eigenvalue weighted by atomic mass is 10.1. The predicted molar refractivity (Wildman–Crippen MR) is 109 cm³/mol. The van der Waals surface area contributed by atoms with Crippen molar-refractivity contribution in [3.63, 3.8) is 0 Å². The number of benzene rings is 2. The second-order valence-corrected chi connectivity index (χ2v) is 9.53. The van der Waals surface area contributed by atoms with Gasteiger partial charge in [0.1, 0.15) is 5.69 Å². The first kappa shape index (κ1) is 19.8. The van der Waals surface area contributed by atoms with Gasteiger partial charge in [0.05, 0.1) is 28.6 Å². The van der Waals surface area contributed by atoms with Crippen LogP contribution in [-0.2, 0) is 21.1 Å². The van der Waals surface area contributed by atoms with Gasteiger partial charge in [-0.15, -0.1) is 0 Å². The third-order valence-corrected chi connectivity index (χ3v) is 6.67. The van der Waals surface area contributed by atoms with Gasteiger partial charge in [0.15, 0.2) is 9.84 Å². The number of morpholine rings is 1. The molecule has 0 aromatic heterocycles. The monoisotopic (exact) mass is 417 g/mol.